The summed E-state index contributed by atoms with van der Waals surface area (Å²) in [6.45, 7) is 0. The van der Waals surface area contributed by atoms with E-state index in [2.05, 4.69) is 25.9 Å². The van der Waals surface area contributed by atoms with Crippen molar-refractivity contribution in [3.8, 4) is 0 Å². The summed E-state index contributed by atoms with van der Waals surface area (Å²) in [5, 5.41) is 0.407. The van der Waals surface area contributed by atoms with Gasteiger partial charge in [0.25, 0.3) is 0 Å². The van der Waals surface area contributed by atoms with E-state index in [1.807, 2.05) is 0 Å². The standard InChI is InChI=1S/C7H7BrClN3/c8-4-5(3-1-2-3)11-7(10)12-6(4)9/h3H,1-2H2,(H2,10,11,12). The van der Waals surface area contributed by atoms with Gasteiger partial charge in [-0.3, -0.25) is 0 Å². The van der Waals surface area contributed by atoms with Crippen LogP contribution in [0.3, 0.4) is 0 Å². The smallest absolute Gasteiger partial charge is 0.221 e. The third-order valence-electron chi connectivity index (χ3n) is 1.82. The quantitative estimate of drug-likeness (QED) is 0.776. The largest absolute Gasteiger partial charge is 0.368 e. The topological polar surface area (TPSA) is 51.8 Å². The van der Waals surface area contributed by atoms with E-state index < -0.39 is 0 Å². The molecule has 0 aliphatic heterocycles. The number of nitrogens with zero attached hydrogens (tertiary/aromatic N) is 2. The molecule has 5 heteroatoms. The van der Waals surface area contributed by atoms with Gasteiger partial charge in [-0.2, -0.15) is 0 Å². The maximum Gasteiger partial charge on any atom is 0.221 e. The van der Waals surface area contributed by atoms with Crippen LogP contribution in [-0.4, -0.2) is 9.97 Å². The van der Waals surface area contributed by atoms with Crippen LogP contribution >= 0.6 is 27.5 Å². The van der Waals surface area contributed by atoms with Crippen LogP contribution in [0.25, 0.3) is 0 Å². The number of hydrogen-bond acceptors (Lipinski definition) is 3. The van der Waals surface area contributed by atoms with E-state index >= 15 is 0 Å². The molecular weight excluding hydrogens is 241 g/mol. The summed E-state index contributed by atoms with van der Waals surface area (Å²) in [6, 6.07) is 0. The monoisotopic (exact) mass is 247 g/mol. The molecule has 0 saturated heterocycles. The molecule has 12 heavy (non-hydrogen) atoms. The van der Waals surface area contributed by atoms with Crippen LogP contribution in [0.2, 0.25) is 5.15 Å². The number of halogens is 2. The van der Waals surface area contributed by atoms with Crippen LogP contribution in [0.5, 0.6) is 0 Å². The average molecular weight is 249 g/mol. The van der Waals surface area contributed by atoms with E-state index in [0.717, 1.165) is 10.2 Å². The van der Waals surface area contributed by atoms with Gasteiger partial charge in [-0.25, -0.2) is 9.97 Å². The summed E-state index contributed by atoms with van der Waals surface area (Å²) in [7, 11) is 0. The van der Waals surface area contributed by atoms with E-state index in [0.29, 0.717) is 11.1 Å². The Hall–Kier alpha value is -0.350. The zero-order chi connectivity index (χ0) is 8.72. The van der Waals surface area contributed by atoms with Crippen LogP contribution in [0.15, 0.2) is 4.47 Å². The van der Waals surface area contributed by atoms with Gasteiger partial charge >= 0.3 is 0 Å². The third-order valence-corrected chi connectivity index (χ3v) is 3.10. The van der Waals surface area contributed by atoms with Crippen LogP contribution in [0.1, 0.15) is 24.5 Å². The molecular formula is C7H7BrClN3. The molecule has 2 rings (SSSR count). The number of rotatable bonds is 1. The van der Waals surface area contributed by atoms with Crippen molar-refractivity contribution in [1.82, 2.24) is 9.97 Å². The van der Waals surface area contributed by atoms with Crippen molar-refractivity contribution in [1.29, 1.82) is 0 Å². The van der Waals surface area contributed by atoms with Gasteiger partial charge in [-0.05, 0) is 28.8 Å². The van der Waals surface area contributed by atoms with E-state index in [1.54, 1.807) is 0 Å². The molecule has 0 radical (unpaired) electrons. The molecule has 0 aromatic carbocycles. The van der Waals surface area contributed by atoms with E-state index in [1.165, 1.54) is 12.8 Å². The van der Waals surface area contributed by atoms with Crippen LogP contribution in [0, 0.1) is 0 Å². The summed E-state index contributed by atoms with van der Waals surface area (Å²) in [4.78, 5) is 7.96. The molecule has 1 heterocycles. The maximum absolute atomic E-state index is 5.81. The van der Waals surface area contributed by atoms with Gasteiger partial charge in [0.15, 0.2) is 0 Å². The highest BCUT2D eigenvalue weighted by Gasteiger charge is 2.28. The van der Waals surface area contributed by atoms with Gasteiger partial charge < -0.3 is 5.73 Å². The van der Waals surface area contributed by atoms with Crippen molar-refractivity contribution in [2.75, 3.05) is 5.73 Å². The second-order valence-corrected chi connectivity index (χ2v) is 4.00. The summed E-state index contributed by atoms with van der Waals surface area (Å²) in [5.41, 5.74) is 6.42. The number of hydrogen-bond donors (Lipinski definition) is 1. The van der Waals surface area contributed by atoms with Gasteiger partial charge in [0, 0.05) is 5.92 Å². The predicted molar refractivity (Wildman–Crippen MR) is 51.1 cm³/mol. The van der Waals surface area contributed by atoms with Crippen LogP contribution in [-0.2, 0) is 0 Å². The number of anilines is 1. The highest BCUT2D eigenvalue weighted by atomic mass is 79.9. The van der Waals surface area contributed by atoms with E-state index in [9.17, 15) is 0 Å². The first-order valence-corrected chi connectivity index (χ1v) is 4.84. The summed E-state index contributed by atoms with van der Waals surface area (Å²) < 4.78 is 0.792. The molecule has 0 unspecified atom stereocenters. The number of aromatic nitrogens is 2. The van der Waals surface area contributed by atoms with Gasteiger partial charge in [0.1, 0.15) is 5.15 Å². The molecule has 0 spiro atoms. The fourth-order valence-electron chi connectivity index (χ4n) is 1.08. The zero-order valence-corrected chi connectivity index (χ0v) is 8.56. The summed E-state index contributed by atoms with van der Waals surface area (Å²) in [6.07, 6.45) is 2.34. The fraction of sp³-hybridized carbons (Fsp3) is 0.429. The first kappa shape index (κ1) is 8.26. The summed E-state index contributed by atoms with van der Waals surface area (Å²) in [5.74, 6) is 0.785. The molecule has 2 N–H and O–H groups in total. The molecule has 64 valence electrons. The Balaban J connectivity index is 2.51. The minimum absolute atomic E-state index is 0.255. The highest BCUT2D eigenvalue weighted by Crippen LogP contribution is 2.43. The zero-order valence-electron chi connectivity index (χ0n) is 6.22. The molecule has 3 nitrogen and oxygen atoms in total. The average Bonchev–Trinajstić information content (AvgIpc) is 2.79. The molecule has 0 bridgehead atoms. The first-order chi connectivity index (χ1) is 5.68. The van der Waals surface area contributed by atoms with E-state index in [-0.39, 0.29) is 5.95 Å². The van der Waals surface area contributed by atoms with Gasteiger partial charge in [-0.15, -0.1) is 0 Å². The SMILES string of the molecule is Nc1nc(Cl)c(Br)c(C2CC2)n1. The normalized spacial score (nSPS) is 16.5. The molecule has 0 atom stereocenters. The van der Waals surface area contributed by atoms with Crippen molar-refractivity contribution in [3.05, 3.63) is 15.3 Å². The Labute approximate surface area is 83.5 Å². The van der Waals surface area contributed by atoms with Gasteiger partial charge in [0.2, 0.25) is 5.95 Å². The van der Waals surface area contributed by atoms with Crippen molar-refractivity contribution >= 4 is 33.5 Å². The third kappa shape index (κ3) is 1.41. The lowest BCUT2D eigenvalue weighted by atomic mass is 10.3. The predicted octanol–water partition coefficient (Wildman–Crippen LogP) is 2.35. The van der Waals surface area contributed by atoms with Crippen molar-refractivity contribution in [2.24, 2.45) is 0 Å². The summed E-state index contributed by atoms with van der Waals surface area (Å²) >= 11 is 9.16. The minimum Gasteiger partial charge on any atom is -0.368 e. The lowest BCUT2D eigenvalue weighted by molar-refractivity contribution is 0.983. The van der Waals surface area contributed by atoms with Crippen LogP contribution < -0.4 is 5.73 Å². The second-order valence-electron chi connectivity index (χ2n) is 2.85. The lowest BCUT2D eigenvalue weighted by Crippen LogP contribution is -1.99. The molecule has 1 aliphatic rings. The Kier molecular flexibility index (Phi) is 1.96. The van der Waals surface area contributed by atoms with E-state index in [4.69, 9.17) is 17.3 Å². The number of nitrogens with two attached hydrogens (primary N) is 1. The maximum atomic E-state index is 5.81. The first-order valence-electron chi connectivity index (χ1n) is 3.67. The minimum atomic E-state index is 0.255. The second kappa shape index (κ2) is 2.85. The Morgan fingerprint density at radius 1 is 1.42 bits per heavy atom. The molecule has 1 saturated carbocycles. The molecule has 0 amide bonds. The Morgan fingerprint density at radius 3 is 2.67 bits per heavy atom. The van der Waals surface area contributed by atoms with Crippen molar-refractivity contribution in [3.63, 3.8) is 0 Å². The molecule has 1 aromatic rings. The lowest BCUT2D eigenvalue weighted by Gasteiger charge is -2.03. The Morgan fingerprint density at radius 2 is 2.08 bits per heavy atom. The highest BCUT2D eigenvalue weighted by molar-refractivity contribution is 9.10. The molecule has 1 aliphatic carbocycles. The number of nitrogen functional groups attached to an aromatic ring is 1. The van der Waals surface area contributed by atoms with Crippen LogP contribution in [0.4, 0.5) is 5.95 Å². The van der Waals surface area contributed by atoms with Crippen molar-refractivity contribution in [2.45, 2.75) is 18.8 Å². The molecule has 1 aromatic heterocycles. The molecule has 1 fully saturated rings. The van der Waals surface area contributed by atoms with Gasteiger partial charge in [-0.1, -0.05) is 11.6 Å². The van der Waals surface area contributed by atoms with Gasteiger partial charge in [0.05, 0.1) is 10.2 Å². The fourth-order valence-corrected chi connectivity index (χ4v) is 1.76. The van der Waals surface area contributed by atoms with Crippen molar-refractivity contribution < 1.29 is 0 Å². The Bertz CT molecular complexity index is 325.